The van der Waals surface area contributed by atoms with Gasteiger partial charge in [-0.05, 0) is 17.5 Å². The van der Waals surface area contributed by atoms with Gasteiger partial charge in [0.25, 0.3) is 11.9 Å². The molecule has 1 aromatic rings. The number of hydrogen-bond acceptors (Lipinski definition) is 5. The number of hydrogen-bond donors (Lipinski definition) is 0. The fourth-order valence-electron chi connectivity index (χ4n) is 1.59. The highest BCUT2D eigenvalue weighted by atomic mass is 32.1. The van der Waals surface area contributed by atoms with Crippen LogP contribution in [-0.4, -0.2) is 47.2 Å². The molecule has 0 atom stereocenters. The molecule has 0 radical (unpaired) electrons. The number of ether oxygens (including phenoxy) is 1. The van der Waals surface area contributed by atoms with Gasteiger partial charge in [0.2, 0.25) is 0 Å². The van der Waals surface area contributed by atoms with Crippen molar-refractivity contribution in [3.63, 3.8) is 0 Å². The third-order valence-electron chi connectivity index (χ3n) is 2.46. The number of carbonyl (C=O) groups is 1. The summed E-state index contributed by atoms with van der Waals surface area (Å²) in [5.74, 6) is -0.465. The number of amides is 1. The third kappa shape index (κ3) is 3.39. The molecule has 106 valence electrons. The average Bonchev–Trinajstić information content (AvgIpc) is 2.91. The second-order valence-corrected chi connectivity index (χ2v) is 4.89. The van der Waals surface area contributed by atoms with Gasteiger partial charge < -0.3 is 9.64 Å². The number of guanidine groups is 1. The summed E-state index contributed by atoms with van der Waals surface area (Å²) in [5.41, 5.74) is 0. The molecule has 8 nitrogen and oxygen atoms in total. The van der Waals surface area contributed by atoms with Crippen LogP contribution in [0.1, 0.15) is 4.88 Å². The molecule has 2 rings (SSSR count). The Morgan fingerprint density at radius 1 is 1.60 bits per heavy atom. The van der Waals surface area contributed by atoms with Crippen LogP contribution in [0.2, 0.25) is 0 Å². The second kappa shape index (κ2) is 6.26. The maximum Gasteiger partial charge on any atom is 0.284 e. The van der Waals surface area contributed by atoms with Gasteiger partial charge in [0.1, 0.15) is 18.6 Å². The molecular formula is C11H12N4O4S. The van der Waals surface area contributed by atoms with Crippen LogP contribution in [0.4, 0.5) is 0 Å². The number of carbonyl (C=O) groups excluding carboxylic acids is 1. The Hall–Kier alpha value is -2.26. The average molecular weight is 296 g/mol. The van der Waals surface area contributed by atoms with Crippen LogP contribution in [0.5, 0.6) is 0 Å². The molecule has 0 aromatic carbocycles. The molecule has 1 amide bonds. The van der Waals surface area contributed by atoms with Crippen molar-refractivity contribution in [2.45, 2.75) is 0 Å². The molecule has 1 aromatic heterocycles. The Balaban J connectivity index is 2.16. The third-order valence-corrected chi connectivity index (χ3v) is 3.30. The first kappa shape index (κ1) is 14.2. The van der Waals surface area contributed by atoms with Crippen LogP contribution in [-0.2, 0) is 9.53 Å². The molecule has 0 bridgehead atoms. The van der Waals surface area contributed by atoms with Crippen molar-refractivity contribution in [3.8, 4) is 0 Å². The molecule has 0 spiro atoms. The maximum atomic E-state index is 12.1. The van der Waals surface area contributed by atoms with Crippen molar-refractivity contribution in [3.05, 3.63) is 38.6 Å². The SMILES string of the molecule is CN1COCN(C(=O)/C=C/c2cccs2)/C1=N/[N+](=O)[O-]. The van der Waals surface area contributed by atoms with Gasteiger partial charge in [-0.15, -0.1) is 11.3 Å². The van der Waals surface area contributed by atoms with Crippen molar-refractivity contribution in [1.29, 1.82) is 0 Å². The van der Waals surface area contributed by atoms with Crippen molar-refractivity contribution in [1.82, 2.24) is 9.80 Å². The molecule has 0 unspecified atom stereocenters. The van der Waals surface area contributed by atoms with Gasteiger partial charge in [-0.1, -0.05) is 6.07 Å². The van der Waals surface area contributed by atoms with Crippen LogP contribution in [0.25, 0.3) is 6.08 Å². The van der Waals surface area contributed by atoms with Crippen LogP contribution >= 0.6 is 11.3 Å². The number of thiophene rings is 1. The number of hydrazone groups is 1. The molecule has 20 heavy (non-hydrogen) atoms. The van der Waals surface area contributed by atoms with Gasteiger partial charge in [0.05, 0.1) is 0 Å². The van der Waals surface area contributed by atoms with E-state index in [1.54, 1.807) is 13.1 Å². The maximum absolute atomic E-state index is 12.1. The van der Waals surface area contributed by atoms with Crippen molar-refractivity contribution >= 4 is 29.3 Å². The highest BCUT2D eigenvalue weighted by Crippen LogP contribution is 2.12. The van der Waals surface area contributed by atoms with Crippen LogP contribution in [0, 0.1) is 10.1 Å². The molecular weight excluding hydrogens is 284 g/mol. The Bertz CT molecular complexity index is 555. The monoisotopic (exact) mass is 296 g/mol. The summed E-state index contributed by atoms with van der Waals surface area (Å²) in [6.07, 6.45) is 2.98. The normalized spacial score (nSPS) is 17.9. The summed E-state index contributed by atoms with van der Waals surface area (Å²) in [6.45, 7) is 0.0791. The van der Waals surface area contributed by atoms with Gasteiger partial charge in [-0.2, -0.15) is 0 Å². The molecule has 1 fully saturated rings. The largest absolute Gasteiger partial charge is 0.340 e. The van der Waals surface area contributed by atoms with E-state index >= 15 is 0 Å². The van der Waals surface area contributed by atoms with Crippen LogP contribution in [0.3, 0.4) is 0 Å². The second-order valence-electron chi connectivity index (χ2n) is 3.91. The summed E-state index contributed by atoms with van der Waals surface area (Å²) in [4.78, 5) is 26.0. The van der Waals surface area contributed by atoms with E-state index in [4.69, 9.17) is 4.74 Å². The molecule has 0 aliphatic carbocycles. The highest BCUT2D eigenvalue weighted by Gasteiger charge is 2.28. The first-order valence-electron chi connectivity index (χ1n) is 5.63. The van der Waals surface area contributed by atoms with Crippen molar-refractivity contribution < 1.29 is 14.6 Å². The number of nitrogens with zero attached hydrogens (tertiary/aromatic N) is 4. The predicted molar refractivity (Wildman–Crippen MR) is 73.2 cm³/mol. The van der Waals surface area contributed by atoms with Gasteiger partial charge in [-0.25, -0.2) is 15.0 Å². The zero-order valence-electron chi connectivity index (χ0n) is 10.6. The predicted octanol–water partition coefficient (Wildman–Crippen LogP) is 1.01. The highest BCUT2D eigenvalue weighted by molar-refractivity contribution is 7.10. The topological polar surface area (TPSA) is 88.3 Å². The van der Waals surface area contributed by atoms with Crippen molar-refractivity contribution in [2.24, 2.45) is 5.10 Å². The fraction of sp³-hybridized carbons (Fsp3) is 0.273. The minimum absolute atomic E-state index is 0.0397. The minimum atomic E-state index is -0.833. The zero-order valence-corrected chi connectivity index (χ0v) is 11.4. The quantitative estimate of drug-likeness (QED) is 0.472. The van der Waals surface area contributed by atoms with E-state index < -0.39 is 10.9 Å². The molecule has 1 aliphatic heterocycles. The first-order chi connectivity index (χ1) is 9.58. The molecule has 2 heterocycles. The molecule has 0 saturated carbocycles. The van der Waals surface area contributed by atoms with Gasteiger partial charge in [-0.3, -0.25) is 4.79 Å². The molecule has 9 heteroatoms. The number of rotatable bonds is 3. The van der Waals surface area contributed by atoms with Gasteiger partial charge in [0, 0.05) is 18.0 Å². The molecule has 0 N–H and O–H groups in total. The van der Waals surface area contributed by atoms with Gasteiger partial charge in [0.15, 0.2) is 5.03 Å². The lowest BCUT2D eigenvalue weighted by atomic mass is 10.4. The van der Waals surface area contributed by atoms with E-state index in [1.807, 2.05) is 17.5 Å². The minimum Gasteiger partial charge on any atom is -0.340 e. The van der Waals surface area contributed by atoms with E-state index in [9.17, 15) is 14.9 Å². The van der Waals surface area contributed by atoms with E-state index in [1.165, 1.54) is 22.3 Å². The Labute approximate surface area is 118 Å². The molecule has 1 saturated heterocycles. The Morgan fingerprint density at radius 2 is 2.40 bits per heavy atom. The van der Waals surface area contributed by atoms with Crippen molar-refractivity contribution in [2.75, 3.05) is 20.5 Å². The lowest BCUT2D eigenvalue weighted by molar-refractivity contribution is -0.486. The van der Waals surface area contributed by atoms with E-state index in [0.717, 1.165) is 9.78 Å². The standard InChI is InChI=1S/C11H12N4O4S/c1-13-7-19-8-14(11(13)12-15(17)18)10(16)5-4-9-3-2-6-20-9/h2-6H,7-8H2,1H3/b5-4+,12-11+. The van der Waals surface area contributed by atoms with Crippen LogP contribution in [0.15, 0.2) is 28.7 Å². The smallest absolute Gasteiger partial charge is 0.284 e. The summed E-state index contributed by atoms with van der Waals surface area (Å²) < 4.78 is 5.16. The summed E-state index contributed by atoms with van der Waals surface area (Å²) in [7, 11) is 1.56. The lowest BCUT2D eigenvalue weighted by Gasteiger charge is -2.32. The Morgan fingerprint density at radius 3 is 3.05 bits per heavy atom. The summed E-state index contributed by atoms with van der Waals surface area (Å²) >= 11 is 1.49. The lowest BCUT2D eigenvalue weighted by Crippen LogP contribution is -2.52. The summed E-state index contributed by atoms with van der Waals surface area (Å²) in [6, 6.07) is 3.73. The Kier molecular flexibility index (Phi) is 4.43. The van der Waals surface area contributed by atoms with E-state index in [-0.39, 0.29) is 19.4 Å². The zero-order chi connectivity index (χ0) is 14.5. The van der Waals surface area contributed by atoms with Gasteiger partial charge >= 0.3 is 0 Å². The summed E-state index contributed by atoms with van der Waals surface area (Å²) in [5, 5.41) is 14.8. The first-order valence-corrected chi connectivity index (χ1v) is 6.51. The number of nitro groups is 1. The van der Waals surface area contributed by atoms with E-state index in [2.05, 4.69) is 5.10 Å². The molecule has 1 aliphatic rings. The van der Waals surface area contributed by atoms with Crippen LogP contribution < -0.4 is 0 Å². The van der Waals surface area contributed by atoms with E-state index in [0.29, 0.717) is 0 Å². The fourth-order valence-corrected chi connectivity index (χ4v) is 2.20.